The Morgan fingerprint density at radius 3 is 1.66 bits per heavy atom. The van der Waals surface area contributed by atoms with Crippen LogP contribution in [0, 0.1) is 5.41 Å². The molecule has 1 N–H and O–H groups in total. The van der Waals surface area contributed by atoms with Gasteiger partial charge in [-0.1, -0.05) is 114 Å². The second kappa shape index (κ2) is 13.0. The van der Waals surface area contributed by atoms with Crippen LogP contribution in [-0.4, -0.2) is 16.8 Å². The molecule has 0 saturated heterocycles. The van der Waals surface area contributed by atoms with Crippen molar-refractivity contribution in [2.75, 3.05) is 0 Å². The van der Waals surface area contributed by atoms with Crippen molar-refractivity contribution in [3.05, 3.63) is 101 Å². The molecule has 3 aromatic carbocycles. The van der Waals surface area contributed by atoms with Crippen LogP contribution in [0.2, 0.25) is 0 Å². The fourth-order valence-corrected chi connectivity index (χ4v) is 5.35. The van der Waals surface area contributed by atoms with Gasteiger partial charge in [0.25, 0.3) is 0 Å². The molecule has 0 radical (unpaired) electrons. The molecular formula is C36H50O2. The first-order valence-corrected chi connectivity index (χ1v) is 14.7. The molecule has 0 aliphatic rings. The molecule has 0 amide bonds. The number of aliphatic hydroxyl groups is 1. The summed E-state index contributed by atoms with van der Waals surface area (Å²) in [6.07, 6.45) is 6.50. The largest absolute Gasteiger partial charge is 0.488 e. The molecule has 0 heterocycles. The van der Waals surface area contributed by atoms with E-state index in [0.717, 1.165) is 50.7 Å². The Kier molecular flexibility index (Phi) is 10.2. The quantitative estimate of drug-likeness (QED) is 0.217. The number of ether oxygens (including phenoxy) is 1. The lowest BCUT2D eigenvalue weighted by atomic mass is 9.71. The maximum Gasteiger partial charge on any atom is 0.120 e. The SMILES string of the molecule is CCC(C)(CC)CC(O)CCc1ccc(C(C)(c2ccccc2)c2ccc(OC(C)(CC)CC)cc2)cc1. The van der Waals surface area contributed by atoms with Gasteiger partial charge in [-0.25, -0.2) is 0 Å². The zero-order valence-electron chi connectivity index (χ0n) is 24.9. The third kappa shape index (κ3) is 7.08. The summed E-state index contributed by atoms with van der Waals surface area (Å²) >= 11 is 0. The van der Waals surface area contributed by atoms with Gasteiger partial charge in [-0.3, -0.25) is 0 Å². The van der Waals surface area contributed by atoms with Crippen molar-refractivity contribution < 1.29 is 9.84 Å². The number of rotatable bonds is 14. The summed E-state index contributed by atoms with van der Waals surface area (Å²) in [4.78, 5) is 0. The minimum Gasteiger partial charge on any atom is -0.488 e. The molecule has 3 rings (SSSR count). The molecule has 0 fully saturated rings. The second-order valence-corrected chi connectivity index (χ2v) is 11.9. The van der Waals surface area contributed by atoms with E-state index in [1.54, 1.807) is 0 Å². The predicted octanol–water partition coefficient (Wildman–Crippen LogP) is 9.51. The number of aliphatic hydroxyl groups excluding tert-OH is 1. The molecule has 0 aromatic heterocycles. The fraction of sp³-hybridized carbons (Fsp3) is 0.500. The lowest BCUT2D eigenvalue weighted by Crippen LogP contribution is -2.30. The minimum absolute atomic E-state index is 0.140. The lowest BCUT2D eigenvalue weighted by Gasteiger charge is -2.33. The molecule has 0 bridgehead atoms. The topological polar surface area (TPSA) is 29.5 Å². The van der Waals surface area contributed by atoms with Gasteiger partial charge in [-0.15, -0.1) is 0 Å². The highest BCUT2D eigenvalue weighted by molar-refractivity contribution is 5.50. The third-order valence-corrected chi connectivity index (χ3v) is 9.38. The van der Waals surface area contributed by atoms with Gasteiger partial charge < -0.3 is 9.84 Å². The van der Waals surface area contributed by atoms with Crippen LogP contribution in [0.1, 0.15) is 109 Å². The molecule has 0 spiro atoms. The van der Waals surface area contributed by atoms with Crippen LogP contribution in [0.4, 0.5) is 0 Å². The molecule has 206 valence electrons. The van der Waals surface area contributed by atoms with Crippen molar-refractivity contribution in [2.45, 2.75) is 111 Å². The Morgan fingerprint density at radius 1 is 0.658 bits per heavy atom. The van der Waals surface area contributed by atoms with E-state index in [4.69, 9.17) is 4.74 Å². The second-order valence-electron chi connectivity index (χ2n) is 11.9. The Labute approximate surface area is 232 Å². The first-order chi connectivity index (χ1) is 18.1. The summed E-state index contributed by atoms with van der Waals surface area (Å²) in [5.41, 5.74) is 4.85. The van der Waals surface area contributed by atoms with Gasteiger partial charge in [0, 0.05) is 5.41 Å². The van der Waals surface area contributed by atoms with Crippen LogP contribution >= 0.6 is 0 Å². The van der Waals surface area contributed by atoms with Crippen molar-refractivity contribution in [2.24, 2.45) is 5.41 Å². The predicted molar refractivity (Wildman–Crippen MR) is 162 cm³/mol. The van der Waals surface area contributed by atoms with E-state index in [-0.39, 0.29) is 22.5 Å². The van der Waals surface area contributed by atoms with E-state index in [1.807, 2.05) is 0 Å². The van der Waals surface area contributed by atoms with E-state index in [9.17, 15) is 5.11 Å². The first kappa shape index (κ1) is 30.0. The molecule has 3 aromatic rings. The van der Waals surface area contributed by atoms with Crippen molar-refractivity contribution >= 4 is 0 Å². The van der Waals surface area contributed by atoms with Crippen LogP contribution in [0.5, 0.6) is 5.75 Å². The van der Waals surface area contributed by atoms with Crippen molar-refractivity contribution in [3.8, 4) is 5.75 Å². The Hall–Kier alpha value is -2.58. The molecule has 2 heteroatoms. The molecule has 0 saturated carbocycles. The lowest BCUT2D eigenvalue weighted by molar-refractivity contribution is 0.0802. The standard InChI is InChI=1S/C36H50O2/c1-8-34(5,9-2)27-32(37)24-19-28-17-20-30(21-18-28)36(7,29-15-13-12-14-16-29)31-22-25-33(26-23-31)38-35(6,10-3)11-4/h12-18,20-23,25-26,32,37H,8-11,19,24,27H2,1-7H3. The van der Waals surface area contributed by atoms with E-state index in [0.29, 0.717) is 0 Å². The molecule has 2 nitrogen and oxygen atoms in total. The fourth-order valence-electron chi connectivity index (χ4n) is 5.35. The minimum atomic E-state index is -0.291. The van der Waals surface area contributed by atoms with Gasteiger partial charge in [0.2, 0.25) is 0 Å². The Morgan fingerprint density at radius 2 is 1.16 bits per heavy atom. The maximum absolute atomic E-state index is 10.7. The van der Waals surface area contributed by atoms with E-state index in [1.165, 1.54) is 22.3 Å². The molecule has 38 heavy (non-hydrogen) atoms. The highest BCUT2D eigenvalue weighted by Gasteiger charge is 2.31. The van der Waals surface area contributed by atoms with Crippen LogP contribution < -0.4 is 4.74 Å². The number of hydrogen-bond acceptors (Lipinski definition) is 2. The number of aryl methyl sites for hydroxylation is 1. The van der Waals surface area contributed by atoms with Crippen LogP contribution in [0.15, 0.2) is 78.9 Å². The third-order valence-electron chi connectivity index (χ3n) is 9.38. The normalized spacial score (nSPS) is 14.6. The highest BCUT2D eigenvalue weighted by Crippen LogP contribution is 2.40. The summed E-state index contributed by atoms with van der Waals surface area (Å²) in [7, 11) is 0. The molecule has 0 aliphatic carbocycles. The average molecular weight is 515 g/mol. The Bertz CT molecular complexity index is 1090. The zero-order chi connectivity index (χ0) is 27.8. The van der Waals surface area contributed by atoms with Gasteiger partial charge in [0.15, 0.2) is 0 Å². The summed E-state index contributed by atoms with van der Waals surface area (Å²) in [5, 5.41) is 10.7. The van der Waals surface area contributed by atoms with Crippen molar-refractivity contribution in [1.82, 2.24) is 0 Å². The van der Waals surface area contributed by atoms with E-state index >= 15 is 0 Å². The number of hydrogen-bond donors (Lipinski definition) is 1. The van der Waals surface area contributed by atoms with Crippen LogP contribution in [0.25, 0.3) is 0 Å². The summed E-state index contributed by atoms with van der Waals surface area (Å²) in [6, 6.07) is 28.5. The smallest absolute Gasteiger partial charge is 0.120 e. The summed E-state index contributed by atoms with van der Waals surface area (Å²) < 4.78 is 6.37. The first-order valence-electron chi connectivity index (χ1n) is 14.7. The van der Waals surface area contributed by atoms with Gasteiger partial charge in [0.1, 0.15) is 11.4 Å². The monoisotopic (exact) mass is 514 g/mol. The van der Waals surface area contributed by atoms with Crippen molar-refractivity contribution in [1.29, 1.82) is 0 Å². The van der Waals surface area contributed by atoms with Gasteiger partial charge >= 0.3 is 0 Å². The molecular weight excluding hydrogens is 464 g/mol. The molecule has 0 aliphatic heterocycles. The van der Waals surface area contributed by atoms with Gasteiger partial charge in [-0.05, 0) is 85.8 Å². The van der Waals surface area contributed by atoms with E-state index in [2.05, 4.69) is 127 Å². The maximum atomic E-state index is 10.7. The molecule has 2 unspecified atom stereocenters. The van der Waals surface area contributed by atoms with Crippen LogP contribution in [0.3, 0.4) is 0 Å². The van der Waals surface area contributed by atoms with E-state index < -0.39 is 0 Å². The van der Waals surface area contributed by atoms with Crippen LogP contribution in [-0.2, 0) is 11.8 Å². The Balaban J connectivity index is 1.84. The van der Waals surface area contributed by atoms with Gasteiger partial charge in [0.05, 0.1) is 6.10 Å². The summed E-state index contributed by atoms with van der Waals surface area (Å²) in [5.74, 6) is 0.923. The summed E-state index contributed by atoms with van der Waals surface area (Å²) in [6.45, 7) is 15.6. The van der Waals surface area contributed by atoms with Gasteiger partial charge in [-0.2, -0.15) is 0 Å². The molecule has 2 atom stereocenters. The average Bonchev–Trinajstić information content (AvgIpc) is 2.96. The number of benzene rings is 3. The zero-order valence-corrected chi connectivity index (χ0v) is 24.9. The highest BCUT2D eigenvalue weighted by atomic mass is 16.5. The van der Waals surface area contributed by atoms with Crippen molar-refractivity contribution in [3.63, 3.8) is 0 Å².